The minimum absolute atomic E-state index is 0.973. The van der Waals surface area contributed by atoms with Crippen LogP contribution in [0.15, 0.2) is 267 Å². The summed E-state index contributed by atoms with van der Waals surface area (Å²) in [4.78, 5) is 12.0. The number of para-hydroxylation sites is 3. The molecule has 0 aliphatic heterocycles. The molecule has 0 radical (unpaired) electrons. The second-order valence-electron chi connectivity index (χ2n) is 18.5. The van der Waals surface area contributed by atoms with Gasteiger partial charge in [0.15, 0.2) is 0 Å². The molecule has 4 nitrogen and oxygen atoms in total. The third kappa shape index (κ3) is 6.84. The van der Waals surface area contributed by atoms with E-state index in [1.807, 2.05) is 24.5 Å². The Morgan fingerprint density at radius 1 is 0.292 bits per heavy atom. The molecule has 0 amide bonds. The van der Waals surface area contributed by atoms with E-state index in [0.29, 0.717) is 0 Å². The van der Waals surface area contributed by atoms with E-state index in [9.17, 15) is 0 Å². The Morgan fingerprint density at radius 3 is 1.31 bits per heavy atom. The van der Waals surface area contributed by atoms with E-state index in [0.717, 1.165) is 77.8 Å². The van der Waals surface area contributed by atoms with Gasteiger partial charge < -0.3 is 9.47 Å². The molecule has 0 aliphatic rings. The summed E-state index contributed by atoms with van der Waals surface area (Å²) in [5.74, 6) is 0. The summed E-state index contributed by atoms with van der Waals surface area (Å²) in [5.41, 5.74) is 17.9. The highest BCUT2D eigenvalue weighted by atomic mass is 15.1. The van der Waals surface area contributed by atoms with Crippen LogP contribution in [0, 0.1) is 0 Å². The van der Waals surface area contributed by atoms with Crippen LogP contribution in [0.4, 0.5) is 17.1 Å². The normalized spacial score (nSPS) is 11.6. The molecule has 336 valence electrons. The minimum atomic E-state index is 0.973. The molecule has 0 fully saturated rings. The van der Waals surface area contributed by atoms with E-state index in [-0.39, 0.29) is 0 Å². The van der Waals surface area contributed by atoms with Crippen LogP contribution >= 0.6 is 0 Å². The highest BCUT2D eigenvalue weighted by molar-refractivity contribution is 6.24. The van der Waals surface area contributed by atoms with Gasteiger partial charge in [0.2, 0.25) is 0 Å². The van der Waals surface area contributed by atoms with Gasteiger partial charge in [-0.05, 0) is 151 Å². The SMILES string of the molecule is c1ccc(N(c2ccc(-n3c4ccccc4c4ccccc43)cc2)c2ccc3c(-c4ccccc4-c4ccc5cccnc5c4)c4ccccc4c(-c4ccccc4-c4ccc5cccnc5c4)c3c2)cc1. The number of pyridine rings is 2. The fraction of sp³-hybridized carbons (Fsp3) is 0. The first kappa shape index (κ1) is 41.3. The molecule has 0 spiro atoms. The number of fused-ring (bicyclic) bond motifs is 7. The van der Waals surface area contributed by atoms with E-state index in [1.165, 1.54) is 54.7 Å². The Kier molecular flexibility index (Phi) is 9.82. The number of nitrogens with zero attached hydrogens (tertiary/aromatic N) is 4. The number of aromatic nitrogens is 3. The van der Waals surface area contributed by atoms with Crippen LogP contribution in [-0.2, 0) is 0 Å². The van der Waals surface area contributed by atoms with Crippen LogP contribution in [0.25, 0.3) is 115 Å². The van der Waals surface area contributed by atoms with Gasteiger partial charge in [-0.15, -0.1) is 0 Å². The highest BCUT2D eigenvalue weighted by Gasteiger charge is 2.23. The van der Waals surface area contributed by atoms with Crippen LogP contribution in [0.5, 0.6) is 0 Å². The van der Waals surface area contributed by atoms with Gasteiger partial charge in [-0.3, -0.25) is 9.97 Å². The standard InChI is InChI=1S/C68H44N4/c1-2-18-49(19-3-1)71(50-34-36-51(37-35-50)72-65-28-12-10-22-55(65)56-23-11-13-29-66(56)72)52-38-39-61-62(44-52)68(58-25-7-5-21-54(58)48-33-31-46-17-15-41-70-64(46)43-48)60-27-9-8-26-59(60)67(61)57-24-6-4-20-53(57)47-32-30-45-16-14-40-69-63(45)42-47/h1-44H. The average molecular weight is 917 g/mol. The van der Waals surface area contributed by atoms with Crippen LogP contribution in [-0.4, -0.2) is 14.5 Å². The molecule has 4 heteroatoms. The van der Waals surface area contributed by atoms with Crippen LogP contribution in [0.1, 0.15) is 0 Å². The van der Waals surface area contributed by atoms with Gasteiger partial charge in [0, 0.05) is 56.7 Å². The molecule has 3 heterocycles. The number of rotatable bonds is 8. The van der Waals surface area contributed by atoms with Gasteiger partial charge >= 0.3 is 0 Å². The quantitative estimate of drug-likeness (QED) is 0.142. The Morgan fingerprint density at radius 2 is 0.736 bits per heavy atom. The van der Waals surface area contributed by atoms with Crippen molar-refractivity contribution in [1.29, 1.82) is 0 Å². The van der Waals surface area contributed by atoms with Crippen molar-refractivity contribution in [3.63, 3.8) is 0 Å². The fourth-order valence-corrected chi connectivity index (χ4v) is 11.2. The highest BCUT2D eigenvalue weighted by Crippen LogP contribution is 2.50. The number of hydrogen-bond donors (Lipinski definition) is 0. The maximum absolute atomic E-state index is 4.79. The number of anilines is 3. The maximum atomic E-state index is 4.79. The van der Waals surface area contributed by atoms with Gasteiger partial charge in [0.1, 0.15) is 0 Å². The number of benzene rings is 11. The first-order valence-electron chi connectivity index (χ1n) is 24.5. The summed E-state index contributed by atoms with van der Waals surface area (Å²) in [6, 6.07) is 92.6. The number of hydrogen-bond acceptors (Lipinski definition) is 3. The zero-order valence-corrected chi connectivity index (χ0v) is 39.2. The van der Waals surface area contributed by atoms with Gasteiger partial charge in [-0.2, -0.15) is 0 Å². The molecule has 14 aromatic rings. The topological polar surface area (TPSA) is 34.0 Å². The molecular formula is C68H44N4. The molecule has 0 aliphatic carbocycles. The monoisotopic (exact) mass is 916 g/mol. The lowest BCUT2D eigenvalue weighted by Crippen LogP contribution is -2.10. The van der Waals surface area contributed by atoms with Crippen molar-refractivity contribution in [2.24, 2.45) is 0 Å². The summed E-state index contributed by atoms with van der Waals surface area (Å²) in [6.07, 6.45) is 3.75. The summed E-state index contributed by atoms with van der Waals surface area (Å²) < 4.78 is 2.38. The van der Waals surface area contributed by atoms with Crippen molar-refractivity contribution in [1.82, 2.24) is 14.5 Å². The molecule has 14 rings (SSSR count). The zero-order chi connectivity index (χ0) is 47.5. The minimum Gasteiger partial charge on any atom is -0.310 e. The van der Waals surface area contributed by atoms with E-state index < -0.39 is 0 Å². The third-order valence-electron chi connectivity index (χ3n) is 14.5. The first-order valence-corrected chi connectivity index (χ1v) is 24.5. The molecule has 11 aromatic carbocycles. The van der Waals surface area contributed by atoms with Crippen molar-refractivity contribution < 1.29 is 0 Å². The summed E-state index contributed by atoms with van der Waals surface area (Å²) in [6.45, 7) is 0. The van der Waals surface area contributed by atoms with Gasteiger partial charge in [-0.1, -0.05) is 170 Å². The Bertz CT molecular complexity index is 4350. The van der Waals surface area contributed by atoms with Crippen molar-refractivity contribution in [3.8, 4) is 50.2 Å². The van der Waals surface area contributed by atoms with Crippen molar-refractivity contribution >= 4 is 82.2 Å². The second-order valence-corrected chi connectivity index (χ2v) is 18.5. The van der Waals surface area contributed by atoms with Crippen molar-refractivity contribution in [3.05, 3.63) is 267 Å². The molecule has 0 bridgehead atoms. The first-order chi connectivity index (χ1) is 35.7. The average Bonchev–Trinajstić information content (AvgIpc) is 3.79. The lowest BCUT2D eigenvalue weighted by atomic mass is 9.82. The van der Waals surface area contributed by atoms with Gasteiger partial charge in [-0.25, -0.2) is 0 Å². The Labute approximate surface area is 417 Å². The van der Waals surface area contributed by atoms with Gasteiger partial charge in [0.05, 0.1) is 22.1 Å². The largest absolute Gasteiger partial charge is 0.310 e. The van der Waals surface area contributed by atoms with Crippen LogP contribution < -0.4 is 4.90 Å². The lowest BCUT2D eigenvalue weighted by Gasteiger charge is -2.27. The zero-order valence-electron chi connectivity index (χ0n) is 39.2. The third-order valence-corrected chi connectivity index (χ3v) is 14.5. The summed E-state index contributed by atoms with van der Waals surface area (Å²) in [5, 5.41) is 9.43. The summed E-state index contributed by atoms with van der Waals surface area (Å²) >= 11 is 0. The predicted octanol–water partition coefficient (Wildman–Crippen LogP) is 18.3. The molecule has 3 aromatic heterocycles. The second kappa shape index (κ2) is 17.1. The van der Waals surface area contributed by atoms with Crippen molar-refractivity contribution in [2.45, 2.75) is 0 Å². The molecule has 0 N–H and O–H groups in total. The smallest absolute Gasteiger partial charge is 0.0708 e. The van der Waals surface area contributed by atoms with Gasteiger partial charge in [0.25, 0.3) is 0 Å². The van der Waals surface area contributed by atoms with Crippen LogP contribution in [0.3, 0.4) is 0 Å². The van der Waals surface area contributed by atoms with Crippen LogP contribution in [0.2, 0.25) is 0 Å². The Balaban J connectivity index is 1.03. The molecule has 0 atom stereocenters. The van der Waals surface area contributed by atoms with E-state index in [4.69, 9.17) is 9.97 Å². The lowest BCUT2D eigenvalue weighted by molar-refractivity contribution is 1.17. The molecule has 0 saturated heterocycles. The summed E-state index contributed by atoms with van der Waals surface area (Å²) in [7, 11) is 0. The van der Waals surface area contributed by atoms with Crippen molar-refractivity contribution in [2.75, 3.05) is 4.90 Å². The maximum Gasteiger partial charge on any atom is 0.0708 e. The van der Waals surface area contributed by atoms with E-state index in [2.05, 4.69) is 252 Å². The molecule has 72 heavy (non-hydrogen) atoms. The van der Waals surface area contributed by atoms with E-state index in [1.54, 1.807) is 0 Å². The predicted molar refractivity (Wildman–Crippen MR) is 303 cm³/mol. The fourth-order valence-electron chi connectivity index (χ4n) is 11.2. The molecular weight excluding hydrogens is 873 g/mol. The molecule has 0 saturated carbocycles. The Hall–Kier alpha value is -9.64. The van der Waals surface area contributed by atoms with E-state index >= 15 is 0 Å². The molecule has 0 unspecified atom stereocenters.